The van der Waals surface area contributed by atoms with Crippen LogP contribution in [0.1, 0.15) is 31.9 Å². The van der Waals surface area contributed by atoms with E-state index in [0.29, 0.717) is 13.0 Å². The lowest BCUT2D eigenvalue weighted by Gasteiger charge is -2.19. The highest BCUT2D eigenvalue weighted by Gasteiger charge is 2.14. The van der Waals surface area contributed by atoms with Crippen molar-refractivity contribution in [2.45, 2.75) is 38.8 Å². The van der Waals surface area contributed by atoms with Crippen LogP contribution in [0.4, 0.5) is 11.4 Å². The van der Waals surface area contributed by atoms with Gasteiger partial charge in [0, 0.05) is 42.3 Å². The highest BCUT2D eigenvalue weighted by atomic mass is 16.3. The largest absolute Gasteiger partial charge is 0.460 e. The van der Waals surface area contributed by atoms with Crippen LogP contribution in [-0.2, 0) is 11.3 Å². The van der Waals surface area contributed by atoms with Gasteiger partial charge in [0.1, 0.15) is 11.3 Å². The van der Waals surface area contributed by atoms with Gasteiger partial charge in [0.2, 0.25) is 5.91 Å². The van der Waals surface area contributed by atoms with Gasteiger partial charge in [0.05, 0.1) is 6.54 Å². The van der Waals surface area contributed by atoms with Crippen molar-refractivity contribution >= 4 is 28.3 Å². The number of fused-ring (bicyclic) bond motifs is 1. The van der Waals surface area contributed by atoms with Crippen molar-refractivity contribution in [2.75, 3.05) is 23.3 Å². The van der Waals surface area contributed by atoms with E-state index >= 15 is 0 Å². The molecule has 28 heavy (non-hydrogen) atoms. The lowest BCUT2D eigenvalue weighted by atomic mass is 10.2. The van der Waals surface area contributed by atoms with Crippen LogP contribution in [0, 0.1) is 0 Å². The maximum Gasteiger partial charge on any atom is 0.225 e. The van der Waals surface area contributed by atoms with Crippen LogP contribution >= 0.6 is 0 Å². The van der Waals surface area contributed by atoms with Gasteiger partial charge in [-0.15, -0.1) is 0 Å². The Labute approximate surface area is 165 Å². The lowest BCUT2D eigenvalue weighted by Crippen LogP contribution is -2.30. The summed E-state index contributed by atoms with van der Waals surface area (Å²) in [5.41, 5.74) is 2.94. The molecule has 1 amide bonds. The zero-order chi connectivity index (χ0) is 19.3. The summed E-state index contributed by atoms with van der Waals surface area (Å²) in [4.78, 5) is 14.8. The third kappa shape index (κ3) is 4.54. The number of para-hydroxylation sites is 1. The standard InChI is InChI=1S/C23H27N3O2/c1-17(24-16-21-14-18-7-2-3-10-22(18)28-21)13-23(27)25-19-8-6-9-20(15-19)26-11-4-5-12-26/h2-3,6-10,14-15,17,24H,4-5,11-13,16H2,1H3,(H,25,27). The van der Waals surface area contributed by atoms with Gasteiger partial charge in [0.15, 0.2) is 0 Å². The van der Waals surface area contributed by atoms with Crippen molar-refractivity contribution in [1.29, 1.82) is 0 Å². The van der Waals surface area contributed by atoms with Gasteiger partial charge in [0.25, 0.3) is 0 Å². The molecule has 1 saturated heterocycles. The van der Waals surface area contributed by atoms with Gasteiger partial charge in [-0.3, -0.25) is 4.79 Å². The van der Waals surface area contributed by atoms with Crippen molar-refractivity contribution < 1.29 is 9.21 Å². The molecule has 1 unspecified atom stereocenters. The minimum Gasteiger partial charge on any atom is -0.460 e. The highest BCUT2D eigenvalue weighted by molar-refractivity contribution is 5.91. The Bertz CT molecular complexity index is 911. The average Bonchev–Trinajstić information content (AvgIpc) is 3.36. The van der Waals surface area contributed by atoms with Crippen LogP contribution in [0.5, 0.6) is 0 Å². The Balaban J connectivity index is 1.27. The molecule has 1 aliphatic heterocycles. The third-order valence-electron chi connectivity index (χ3n) is 5.19. The van der Waals surface area contributed by atoms with Crippen molar-refractivity contribution in [3.8, 4) is 0 Å². The Morgan fingerprint density at radius 3 is 2.75 bits per heavy atom. The minimum atomic E-state index is 0.0168. The van der Waals surface area contributed by atoms with E-state index in [2.05, 4.69) is 27.7 Å². The first-order chi connectivity index (χ1) is 13.7. The van der Waals surface area contributed by atoms with Crippen LogP contribution in [-0.4, -0.2) is 25.0 Å². The number of nitrogens with one attached hydrogen (secondary N) is 2. The number of anilines is 2. The number of carbonyl (C=O) groups is 1. The predicted molar refractivity (Wildman–Crippen MR) is 114 cm³/mol. The van der Waals surface area contributed by atoms with Gasteiger partial charge in [-0.2, -0.15) is 0 Å². The monoisotopic (exact) mass is 377 g/mol. The second-order valence-corrected chi connectivity index (χ2v) is 7.53. The summed E-state index contributed by atoms with van der Waals surface area (Å²) < 4.78 is 5.81. The number of amides is 1. The normalized spacial score (nSPS) is 15.1. The van der Waals surface area contributed by atoms with Gasteiger partial charge < -0.3 is 20.0 Å². The molecule has 2 aromatic carbocycles. The summed E-state index contributed by atoms with van der Waals surface area (Å²) >= 11 is 0. The van der Waals surface area contributed by atoms with E-state index in [1.165, 1.54) is 18.5 Å². The number of hydrogen-bond acceptors (Lipinski definition) is 4. The summed E-state index contributed by atoms with van der Waals surface area (Å²) in [6.07, 6.45) is 2.89. The first kappa shape index (κ1) is 18.6. The number of hydrogen-bond donors (Lipinski definition) is 2. The van der Waals surface area contributed by atoms with E-state index in [0.717, 1.165) is 35.5 Å². The van der Waals surface area contributed by atoms with E-state index < -0.39 is 0 Å². The van der Waals surface area contributed by atoms with E-state index in [1.807, 2.05) is 49.4 Å². The van der Waals surface area contributed by atoms with Crippen molar-refractivity contribution in [3.05, 3.63) is 60.4 Å². The van der Waals surface area contributed by atoms with Gasteiger partial charge in [-0.1, -0.05) is 24.3 Å². The molecule has 0 bridgehead atoms. The zero-order valence-electron chi connectivity index (χ0n) is 16.3. The smallest absolute Gasteiger partial charge is 0.225 e. The average molecular weight is 377 g/mol. The Morgan fingerprint density at radius 1 is 1.11 bits per heavy atom. The molecule has 1 aromatic heterocycles. The predicted octanol–water partition coefficient (Wildman–Crippen LogP) is 4.54. The van der Waals surface area contributed by atoms with E-state index in [4.69, 9.17) is 4.42 Å². The Hall–Kier alpha value is -2.79. The maximum absolute atomic E-state index is 12.4. The topological polar surface area (TPSA) is 57.5 Å². The molecule has 5 heteroatoms. The summed E-state index contributed by atoms with van der Waals surface area (Å²) in [6, 6.07) is 18.2. The van der Waals surface area contributed by atoms with Crippen LogP contribution in [0.2, 0.25) is 0 Å². The van der Waals surface area contributed by atoms with Crippen LogP contribution in [0.25, 0.3) is 11.0 Å². The van der Waals surface area contributed by atoms with Crippen LogP contribution < -0.4 is 15.5 Å². The van der Waals surface area contributed by atoms with Gasteiger partial charge >= 0.3 is 0 Å². The highest BCUT2D eigenvalue weighted by Crippen LogP contribution is 2.23. The number of nitrogens with zero attached hydrogens (tertiary/aromatic N) is 1. The first-order valence-electron chi connectivity index (χ1n) is 10.0. The summed E-state index contributed by atoms with van der Waals surface area (Å²) in [5.74, 6) is 0.898. The second-order valence-electron chi connectivity index (χ2n) is 7.53. The van der Waals surface area contributed by atoms with Crippen molar-refractivity contribution in [2.24, 2.45) is 0 Å². The second kappa shape index (κ2) is 8.48. The summed E-state index contributed by atoms with van der Waals surface area (Å²) in [7, 11) is 0. The number of furan rings is 1. The summed E-state index contributed by atoms with van der Waals surface area (Å²) in [5, 5.41) is 7.50. The Kier molecular flexibility index (Phi) is 5.63. The Morgan fingerprint density at radius 2 is 1.93 bits per heavy atom. The SMILES string of the molecule is CC(CC(=O)Nc1cccc(N2CCCC2)c1)NCc1cc2ccccc2o1. The minimum absolute atomic E-state index is 0.0168. The molecule has 0 radical (unpaired) electrons. The molecule has 1 aliphatic rings. The summed E-state index contributed by atoms with van der Waals surface area (Å²) in [6.45, 7) is 4.82. The quantitative estimate of drug-likeness (QED) is 0.635. The molecule has 1 atom stereocenters. The fourth-order valence-corrected chi connectivity index (χ4v) is 3.72. The maximum atomic E-state index is 12.4. The fraction of sp³-hybridized carbons (Fsp3) is 0.348. The third-order valence-corrected chi connectivity index (χ3v) is 5.19. The number of rotatable bonds is 7. The molecule has 0 aliphatic carbocycles. The molecular weight excluding hydrogens is 350 g/mol. The first-order valence-corrected chi connectivity index (χ1v) is 10.0. The van der Waals surface area contributed by atoms with E-state index in [9.17, 15) is 4.79 Å². The molecule has 5 nitrogen and oxygen atoms in total. The molecular formula is C23H27N3O2. The molecule has 2 heterocycles. The van der Waals surface area contributed by atoms with Gasteiger partial charge in [-0.05, 0) is 50.1 Å². The van der Waals surface area contributed by atoms with E-state index in [1.54, 1.807) is 0 Å². The molecule has 146 valence electrons. The molecule has 0 spiro atoms. The molecule has 2 N–H and O–H groups in total. The fourth-order valence-electron chi connectivity index (χ4n) is 3.72. The molecule has 1 fully saturated rings. The number of benzene rings is 2. The lowest BCUT2D eigenvalue weighted by molar-refractivity contribution is -0.116. The number of carbonyl (C=O) groups excluding carboxylic acids is 1. The molecule has 3 aromatic rings. The van der Waals surface area contributed by atoms with Crippen molar-refractivity contribution in [1.82, 2.24) is 5.32 Å². The van der Waals surface area contributed by atoms with Crippen LogP contribution in [0.3, 0.4) is 0 Å². The molecule has 0 saturated carbocycles. The van der Waals surface area contributed by atoms with E-state index in [-0.39, 0.29) is 11.9 Å². The van der Waals surface area contributed by atoms with Crippen LogP contribution in [0.15, 0.2) is 59.0 Å². The van der Waals surface area contributed by atoms with Crippen molar-refractivity contribution in [3.63, 3.8) is 0 Å². The van der Waals surface area contributed by atoms with Gasteiger partial charge in [-0.25, -0.2) is 0 Å². The molecule has 4 rings (SSSR count). The zero-order valence-corrected chi connectivity index (χ0v) is 16.3.